The first kappa shape index (κ1) is 15.8. The summed E-state index contributed by atoms with van der Waals surface area (Å²) in [5, 5.41) is 22.7. The summed E-state index contributed by atoms with van der Waals surface area (Å²) >= 11 is 5.83. The zero-order valence-corrected chi connectivity index (χ0v) is 11.7. The fourth-order valence-electron chi connectivity index (χ4n) is 1.51. The Kier molecular flexibility index (Phi) is 5.35. The first-order valence-corrected chi connectivity index (χ1v) is 6.23. The van der Waals surface area contributed by atoms with Crippen molar-refractivity contribution in [3.05, 3.63) is 28.8 Å². The number of nitriles is 1. The van der Waals surface area contributed by atoms with Gasteiger partial charge in [0.05, 0.1) is 10.6 Å². The van der Waals surface area contributed by atoms with Crippen molar-refractivity contribution in [1.82, 2.24) is 5.32 Å². The fourth-order valence-corrected chi connectivity index (χ4v) is 1.73. The third-order valence-corrected chi connectivity index (χ3v) is 2.88. The maximum absolute atomic E-state index is 11.7. The Balaban J connectivity index is 2.74. The number of carboxylic acid groups (broad SMARTS) is 1. The molecule has 1 aromatic rings. The lowest BCUT2D eigenvalue weighted by molar-refractivity contribution is -0.140. The highest BCUT2D eigenvalue weighted by atomic mass is 35.5. The molecule has 1 atom stereocenters. The first-order valence-electron chi connectivity index (χ1n) is 5.85. The summed E-state index contributed by atoms with van der Waals surface area (Å²) < 4.78 is 0. The molecule has 20 heavy (non-hydrogen) atoms. The van der Waals surface area contributed by atoms with Crippen molar-refractivity contribution in [2.45, 2.75) is 19.9 Å². The lowest BCUT2D eigenvalue weighted by Crippen LogP contribution is -2.46. The topological polar surface area (TPSA) is 102 Å². The lowest BCUT2D eigenvalue weighted by Gasteiger charge is -2.18. The van der Waals surface area contributed by atoms with E-state index in [2.05, 4.69) is 10.6 Å². The molecule has 6 nitrogen and oxygen atoms in total. The second-order valence-corrected chi connectivity index (χ2v) is 4.87. The molecule has 0 radical (unpaired) electrons. The standard InChI is InChI=1S/C13H14ClN3O3/c1-7(2)11(12(18)19)17-13(20)16-9-4-3-8(6-15)10(14)5-9/h3-5,7,11H,1-2H3,(H,18,19)(H2,16,17,20)/t11-/m1/s1. The largest absolute Gasteiger partial charge is 0.480 e. The number of urea groups is 1. The highest BCUT2D eigenvalue weighted by Crippen LogP contribution is 2.20. The number of carboxylic acids is 1. The van der Waals surface area contributed by atoms with Gasteiger partial charge in [0.15, 0.2) is 0 Å². The summed E-state index contributed by atoms with van der Waals surface area (Å²) in [5.41, 5.74) is 0.669. The van der Waals surface area contributed by atoms with Gasteiger partial charge in [-0.1, -0.05) is 25.4 Å². The molecule has 2 amide bonds. The van der Waals surface area contributed by atoms with Crippen LogP contribution in [0.4, 0.5) is 10.5 Å². The molecular formula is C13H14ClN3O3. The number of anilines is 1. The van der Waals surface area contributed by atoms with Crippen LogP contribution < -0.4 is 10.6 Å². The molecule has 1 rings (SSSR count). The van der Waals surface area contributed by atoms with E-state index in [1.54, 1.807) is 13.8 Å². The number of halogens is 1. The number of aliphatic carboxylic acids is 1. The van der Waals surface area contributed by atoms with Gasteiger partial charge in [-0.05, 0) is 24.1 Å². The van der Waals surface area contributed by atoms with Gasteiger partial charge in [0.25, 0.3) is 0 Å². The van der Waals surface area contributed by atoms with Crippen LogP contribution in [-0.2, 0) is 4.79 Å². The van der Waals surface area contributed by atoms with Crippen LogP contribution in [-0.4, -0.2) is 23.1 Å². The number of benzene rings is 1. The summed E-state index contributed by atoms with van der Waals surface area (Å²) in [6, 6.07) is 4.67. The Labute approximate surface area is 121 Å². The van der Waals surface area contributed by atoms with Crippen molar-refractivity contribution in [3.8, 4) is 6.07 Å². The van der Waals surface area contributed by atoms with Gasteiger partial charge in [-0.2, -0.15) is 5.26 Å². The summed E-state index contributed by atoms with van der Waals surface area (Å²) in [6.07, 6.45) is 0. The van der Waals surface area contributed by atoms with Crippen LogP contribution >= 0.6 is 11.6 Å². The average molecular weight is 296 g/mol. The van der Waals surface area contributed by atoms with E-state index in [0.29, 0.717) is 11.3 Å². The van der Waals surface area contributed by atoms with Gasteiger partial charge in [-0.15, -0.1) is 0 Å². The minimum Gasteiger partial charge on any atom is -0.480 e. The zero-order valence-electron chi connectivity index (χ0n) is 11.0. The van der Waals surface area contributed by atoms with E-state index in [1.165, 1.54) is 18.2 Å². The number of carbonyl (C=O) groups is 2. The molecule has 0 fully saturated rings. The molecule has 0 saturated carbocycles. The smallest absolute Gasteiger partial charge is 0.326 e. The summed E-state index contributed by atoms with van der Waals surface area (Å²) in [6.45, 7) is 3.38. The number of nitrogens with zero attached hydrogens (tertiary/aromatic N) is 1. The van der Waals surface area contributed by atoms with Crippen LogP contribution in [0.5, 0.6) is 0 Å². The van der Waals surface area contributed by atoms with E-state index in [1.807, 2.05) is 6.07 Å². The molecule has 0 aromatic heterocycles. The maximum atomic E-state index is 11.7. The number of rotatable bonds is 4. The van der Waals surface area contributed by atoms with E-state index in [-0.39, 0.29) is 10.9 Å². The predicted octanol–water partition coefficient (Wildman–Crippen LogP) is 2.44. The van der Waals surface area contributed by atoms with E-state index in [9.17, 15) is 9.59 Å². The Morgan fingerprint density at radius 1 is 1.40 bits per heavy atom. The van der Waals surface area contributed by atoms with Crippen molar-refractivity contribution in [3.63, 3.8) is 0 Å². The zero-order chi connectivity index (χ0) is 15.3. The average Bonchev–Trinajstić information content (AvgIpc) is 2.35. The van der Waals surface area contributed by atoms with Gasteiger partial charge in [0.1, 0.15) is 12.1 Å². The number of hydrogen-bond donors (Lipinski definition) is 3. The van der Waals surface area contributed by atoms with Gasteiger partial charge in [0.2, 0.25) is 0 Å². The van der Waals surface area contributed by atoms with Crippen molar-refractivity contribution in [1.29, 1.82) is 5.26 Å². The monoisotopic (exact) mass is 295 g/mol. The van der Waals surface area contributed by atoms with Crippen LogP contribution in [0.15, 0.2) is 18.2 Å². The Morgan fingerprint density at radius 3 is 2.50 bits per heavy atom. The molecule has 0 aliphatic heterocycles. The molecule has 1 aromatic carbocycles. The molecule has 106 valence electrons. The van der Waals surface area contributed by atoms with E-state index in [4.69, 9.17) is 22.0 Å². The van der Waals surface area contributed by atoms with Crippen molar-refractivity contribution >= 4 is 29.3 Å². The molecule has 0 heterocycles. The molecule has 0 aliphatic carbocycles. The number of nitrogens with one attached hydrogen (secondary N) is 2. The summed E-state index contributed by atoms with van der Waals surface area (Å²) in [5.74, 6) is -1.35. The Morgan fingerprint density at radius 2 is 2.05 bits per heavy atom. The second-order valence-electron chi connectivity index (χ2n) is 4.46. The third-order valence-electron chi connectivity index (χ3n) is 2.57. The maximum Gasteiger partial charge on any atom is 0.326 e. The molecule has 0 aliphatic rings. The van der Waals surface area contributed by atoms with Crippen LogP contribution in [0.1, 0.15) is 19.4 Å². The van der Waals surface area contributed by atoms with Crippen LogP contribution in [0.3, 0.4) is 0 Å². The Bertz CT molecular complexity index is 566. The lowest BCUT2D eigenvalue weighted by atomic mass is 10.1. The highest BCUT2D eigenvalue weighted by Gasteiger charge is 2.23. The number of carbonyl (C=O) groups excluding carboxylic acids is 1. The first-order chi connectivity index (χ1) is 9.35. The molecule has 0 unspecified atom stereocenters. The van der Waals surface area contributed by atoms with E-state index >= 15 is 0 Å². The van der Waals surface area contributed by atoms with Gasteiger partial charge in [-0.25, -0.2) is 9.59 Å². The number of hydrogen-bond acceptors (Lipinski definition) is 3. The quantitative estimate of drug-likeness (QED) is 0.794. The second kappa shape index (κ2) is 6.78. The molecule has 0 bridgehead atoms. The highest BCUT2D eigenvalue weighted by molar-refractivity contribution is 6.32. The normalized spacial score (nSPS) is 11.6. The van der Waals surface area contributed by atoms with Crippen LogP contribution in [0.2, 0.25) is 5.02 Å². The molecule has 0 saturated heterocycles. The fraction of sp³-hybridized carbons (Fsp3) is 0.308. The van der Waals surface area contributed by atoms with Gasteiger partial charge >= 0.3 is 12.0 Å². The van der Waals surface area contributed by atoms with Crippen molar-refractivity contribution in [2.75, 3.05) is 5.32 Å². The van der Waals surface area contributed by atoms with E-state index in [0.717, 1.165) is 0 Å². The van der Waals surface area contributed by atoms with Gasteiger partial charge in [0, 0.05) is 5.69 Å². The SMILES string of the molecule is CC(C)[C@@H](NC(=O)Nc1ccc(C#N)c(Cl)c1)C(=O)O. The van der Waals surface area contributed by atoms with Crippen molar-refractivity contribution < 1.29 is 14.7 Å². The molecular weight excluding hydrogens is 282 g/mol. The van der Waals surface area contributed by atoms with Crippen LogP contribution in [0.25, 0.3) is 0 Å². The molecule has 7 heteroatoms. The minimum atomic E-state index is -1.10. The molecule has 3 N–H and O–H groups in total. The van der Waals surface area contributed by atoms with E-state index < -0.39 is 18.0 Å². The summed E-state index contributed by atoms with van der Waals surface area (Å²) in [4.78, 5) is 22.7. The summed E-state index contributed by atoms with van der Waals surface area (Å²) in [7, 11) is 0. The molecule has 0 spiro atoms. The predicted molar refractivity (Wildman–Crippen MR) is 74.6 cm³/mol. The van der Waals surface area contributed by atoms with Gasteiger partial charge < -0.3 is 15.7 Å². The number of amides is 2. The third kappa shape index (κ3) is 4.14. The minimum absolute atomic E-state index is 0.212. The van der Waals surface area contributed by atoms with Crippen LogP contribution in [0, 0.1) is 17.2 Å². The Hall–Kier alpha value is -2.26. The van der Waals surface area contributed by atoms with Crippen molar-refractivity contribution in [2.24, 2.45) is 5.92 Å². The van der Waals surface area contributed by atoms with Gasteiger partial charge in [-0.3, -0.25) is 0 Å².